The molecule has 1 heterocycles. The number of amides is 1. The molecule has 0 radical (unpaired) electrons. The first-order chi connectivity index (χ1) is 16.0. The van der Waals surface area contributed by atoms with Gasteiger partial charge in [0.2, 0.25) is 10.0 Å². The number of piperazine rings is 1. The second kappa shape index (κ2) is 10.3. The van der Waals surface area contributed by atoms with Gasteiger partial charge in [-0.25, -0.2) is 18.0 Å². The quantitative estimate of drug-likeness (QED) is 0.620. The van der Waals surface area contributed by atoms with Gasteiger partial charge in [-0.05, 0) is 44.5 Å². The number of anilines is 2. The second-order valence-electron chi connectivity index (χ2n) is 9.02. The molecule has 184 valence electrons. The number of carbonyl (C=O) groups is 2. The van der Waals surface area contributed by atoms with E-state index in [0.29, 0.717) is 37.4 Å². The van der Waals surface area contributed by atoms with Gasteiger partial charge in [0.1, 0.15) is 5.60 Å². The summed E-state index contributed by atoms with van der Waals surface area (Å²) in [6, 6.07) is 13.6. The van der Waals surface area contributed by atoms with Gasteiger partial charge in [-0.3, -0.25) is 4.72 Å². The molecule has 1 amide bonds. The van der Waals surface area contributed by atoms with Crippen LogP contribution < -0.4 is 9.62 Å². The largest absolute Gasteiger partial charge is 0.465 e. The average molecular weight is 490 g/mol. The van der Waals surface area contributed by atoms with E-state index in [1.807, 2.05) is 31.7 Å². The first kappa shape index (κ1) is 25.4. The van der Waals surface area contributed by atoms with Crippen LogP contribution in [0, 0.1) is 0 Å². The lowest BCUT2D eigenvalue weighted by atomic mass is 10.1. The summed E-state index contributed by atoms with van der Waals surface area (Å²) in [5.41, 5.74) is 1.20. The minimum Gasteiger partial charge on any atom is -0.465 e. The molecule has 9 nitrogen and oxygen atoms in total. The molecule has 2 aromatic rings. The number of nitrogens with one attached hydrogen (secondary N) is 1. The number of rotatable bonds is 6. The van der Waals surface area contributed by atoms with Crippen molar-refractivity contribution < 1.29 is 27.5 Å². The lowest BCUT2D eigenvalue weighted by Crippen LogP contribution is -2.50. The molecule has 0 spiro atoms. The lowest BCUT2D eigenvalue weighted by Gasteiger charge is -2.37. The van der Waals surface area contributed by atoms with Crippen molar-refractivity contribution in [1.29, 1.82) is 0 Å². The van der Waals surface area contributed by atoms with Crippen LogP contribution in [0.4, 0.5) is 16.2 Å². The van der Waals surface area contributed by atoms with E-state index in [0.717, 1.165) is 0 Å². The fraction of sp³-hybridized carbons (Fsp3) is 0.417. The monoisotopic (exact) mass is 489 g/mol. The van der Waals surface area contributed by atoms with Crippen LogP contribution in [0.25, 0.3) is 0 Å². The minimum absolute atomic E-state index is 0.206. The Morgan fingerprint density at radius 1 is 1.00 bits per heavy atom. The van der Waals surface area contributed by atoms with Gasteiger partial charge < -0.3 is 19.3 Å². The zero-order chi connectivity index (χ0) is 24.9. The summed E-state index contributed by atoms with van der Waals surface area (Å²) in [5.74, 6) is -0.771. The molecule has 0 unspecified atom stereocenters. The highest BCUT2D eigenvalue weighted by atomic mass is 32.2. The minimum atomic E-state index is -3.76. The Morgan fingerprint density at radius 2 is 1.65 bits per heavy atom. The molecule has 1 aliphatic heterocycles. The smallest absolute Gasteiger partial charge is 0.410 e. The normalized spacial score (nSPS) is 14.5. The maximum Gasteiger partial charge on any atom is 0.410 e. The first-order valence-corrected chi connectivity index (χ1v) is 12.6. The van der Waals surface area contributed by atoms with Crippen LogP contribution in [0.15, 0.2) is 48.5 Å². The molecule has 0 aliphatic carbocycles. The van der Waals surface area contributed by atoms with Crippen molar-refractivity contribution in [3.05, 3.63) is 59.7 Å². The highest BCUT2D eigenvalue weighted by Crippen LogP contribution is 2.30. The van der Waals surface area contributed by atoms with Gasteiger partial charge >= 0.3 is 12.1 Å². The third-order valence-corrected chi connectivity index (χ3v) is 6.40. The number of hydrogen-bond donors (Lipinski definition) is 1. The van der Waals surface area contributed by atoms with E-state index in [1.165, 1.54) is 13.2 Å². The van der Waals surface area contributed by atoms with E-state index >= 15 is 0 Å². The average Bonchev–Trinajstić information content (AvgIpc) is 2.77. The molecular weight excluding hydrogens is 458 g/mol. The van der Waals surface area contributed by atoms with E-state index in [1.54, 1.807) is 41.3 Å². The van der Waals surface area contributed by atoms with Gasteiger partial charge in [0, 0.05) is 26.2 Å². The third kappa shape index (κ3) is 6.86. The summed E-state index contributed by atoms with van der Waals surface area (Å²) in [4.78, 5) is 28.1. The van der Waals surface area contributed by atoms with Crippen LogP contribution in [-0.4, -0.2) is 64.3 Å². The molecule has 10 heteroatoms. The van der Waals surface area contributed by atoms with Crippen molar-refractivity contribution in [3.63, 3.8) is 0 Å². The molecule has 0 bridgehead atoms. The summed E-state index contributed by atoms with van der Waals surface area (Å²) in [6.45, 7) is 7.25. The maximum absolute atomic E-state index is 12.9. The molecule has 1 aliphatic rings. The summed E-state index contributed by atoms with van der Waals surface area (Å²) < 4.78 is 38.7. The molecule has 0 atom stereocenters. The van der Waals surface area contributed by atoms with Gasteiger partial charge in [0.25, 0.3) is 0 Å². The summed E-state index contributed by atoms with van der Waals surface area (Å²) in [5, 5.41) is 0. The van der Waals surface area contributed by atoms with E-state index in [9.17, 15) is 18.0 Å². The number of carbonyl (C=O) groups excluding carboxylic acids is 2. The summed E-state index contributed by atoms with van der Waals surface area (Å²) in [6.07, 6.45) is -0.378. The number of hydrogen-bond acceptors (Lipinski definition) is 7. The van der Waals surface area contributed by atoms with Crippen molar-refractivity contribution in [2.24, 2.45) is 0 Å². The fourth-order valence-corrected chi connectivity index (χ4v) is 4.79. The van der Waals surface area contributed by atoms with Crippen molar-refractivity contribution in [2.75, 3.05) is 42.9 Å². The molecular formula is C24H31N3O6S. The topological polar surface area (TPSA) is 105 Å². The standard InChI is InChI=1S/C24H31N3O6S/c1-24(2,3)33-23(29)27-14-12-26(13-15-27)21-11-10-19(22(28)32-4)16-20(21)25-34(30,31)17-18-8-6-5-7-9-18/h5-11,16,25H,12-15,17H2,1-4H3. The van der Waals surface area contributed by atoms with Gasteiger partial charge in [0.05, 0.1) is 29.8 Å². The highest BCUT2D eigenvalue weighted by molar-refractivity contribution is 7.91. The number of sulfonamides is 1. The number of ether oxygens (including phenoxy) is 2. The third-order valence-electron chi connectivity index (χ3n) is 5.15. The van der Waals surface area contributed by atoms with Crippen molar-refractivity contribution in [1.82, 2.24) is 4.90 Å². The Bertz CT molecular complexity index is 1120. The molecule has 3 rings (SSSR count). The molecule has 0 aromatic heterocycles. The second-order valence-corrected chi connectivity index (χ2v) is 10.7. The van der Waals surface area contributed by atoms with Crippen molar-refractivity contribution in [3.8, 4) is 0 Å². The molecule has 1 saturated heterocycles. The maximum atomic E-state index is 12.9. The SMILES string of the molecule is COC(=O)c1ccc(N2CCN(C(=O)OC(C)(C)C)CC2)c(NS(=O)(=O)Cc2ccccc2)c1. The molecule has 0 saturated carbocycles. The van der Waals surface area contributed by atoms with Gasteiger partial charge in [0.15, 0.2) is 0 Å². The van der Waals surface area contributed by atoms with E-state index in [2.05, 4.69) is 4.72 Å². The Kier molecular flexibility index (Phi) is 7.71. The Morgan fingerprint density at radius 3 is 2.24 bits per heavy atom. The van der Waals surface area contributed by atoms with Gasteiger partial charge in [-0.2, -0.15) is 0 Å². The number of nitrogens with zero attached hydrogens (tertiary/aromatic N) is 2. The molecule has 1 N–H and O–H groups in total. The van der Waals surface area contributed by atoms with E-state index in [-0.39, 0.29) is 23.1 Å². The van der Waals surface area contributed by atoms with Crippen LogP contribution in [-0.2, 0) is 25.2 Å². The zero-order valence-corrected chi connectivity index (χ0v) is 20.7. The van der Waals surface area contributed by atoms with Crippen molar-refractivity contribution in [2.45, 2.75) is 32.1 Å². The zero-order valence-electron chi connectivity index (χ0n) is 19.9. The summed E-state index contributed by atoms with van der Waals surface area (Å²) in [7, 11) is -2.49. The Labute approximate surface area is 200 Å². The van der Waals surface area contributed by atoms with Gasteiger partial charge in [-0.15, -0.1) is 0 Å². The lowest BCUT2D eigenvalue weighted by molar-refractivity contribution is 0.0240. The Balaban J connectivity index is 1.81. The molecule has 1 fully saturated rings. The van der Waals surface area contributed by atoms with Gasteiger partial charge in [-0.1, -0.05) is 30.3 Å². The number of esters is 1. The van der Waals surface area contributed by atoms with Crippen LogP contribution in [0.2, 0.25) is 0 Å². The van der Waals surface area contributed by atoms with Crippen LogP contribution in [0.1, 0.15) is 36.7 Å². The predicted octanol–water partition coefficient (Wildman–Crippen LogP) is 3.47. The number of methoxy groups -OCH3 is 1. The van der Waals surface area contributed by atoms with Crippen molar-refractivity contribution >= 4 is 33.5 Å². The first-order valence-electron chi connectivity index (χ1n) is 11.0. The van der Waals surface area contributed by atoms with E-state index in [4.69, 9.17) is 9.47 Å². The van der Waals surface area contributed by atoms with Crippen LogP contribution in [0.3, 0.4) is 0 Å². The highest BCUT2D eigenvalue weighted by Gasteiger charge is 2.27. The fourth-order valence-electron chi connectivity index (χ4n) is 3.59. The number of benzene rings is 2. The van der Waals surface area contributed by atoms with E-state index < -0.39 is 21.6 Å². The summed E-state index contributed by atoms with van der Waals surface area (Å²) >= 11 is 0. The molecule has 2 aromatic carbocycles. The molecule has 34 heavy (non-hydrogen) atoms. The Hall–Kier alpha value is -3.27. The van der Waals surface area contributed by atoms with Crippen LogP contribution >= 0.6 is 0 Å². The predicted molar refractivity (Wildman–Crippen MR) is 130 cm³/mol. The van der Waals surface area contributed by atoms with Crippen LogP contribution in [0.5, 0.6) is 0 Å².